The van der Waals surface area contributed by atoms with E-state index in [0.29, 0.717) is 14.8 Å². The van der Waals surface area contributed by atoms with Crippen LogP contribution in [0.15, 0.2) is 68.7 Å². The number of thioether (sulfide) groups is 2. The smallest absolute Gasteiger partial charge is 0.338 e. The van der Waals surface area contributed by atoms with Gasteiger partial charge in [-0.1, -0.05) is 24.3 Å². The largest absolute Gasteiger partial charge is 0.463 e. The first-order chi connectivity index (χ1) is 18.3. The Morgan fingerprint density at radius 3 is 1.97 bits per heavy atom. The van der Waals surface area contributed by atoms with E-state index < -0.39 is 23.4 Å². The van der Waals surface area contributed by atoms with Crippen molar-refractivity contribution in [3.05, 3.63) is 84.8 Å². The Balaban J connectivity index is 2.06. The summed E-state index contributed by atoms with van der Waals surface area (Å²) in [5.74, 6) is -2.22. The van der Waals surface area contributed by atoms with Crippen molar-refractivity contribution < 1.29 is 19.1 Å². The minimum atomic E-state index is -0.865. The van der Waals surface area contributed by atoms with Gasteiger partial charge in [0.05, 0.1) is 34.8 Å². The van der Waals surface area contributed by atoms with Crippen LogP contribution in [-0.4, -0.2) is 42.2 Å². The molecule has 0 saturated heterocycles. The maximum absolute atomic E-state index is 13.6. The Hall–Kier alpha value is -3.21. The Morgan fingerprint density at radius 2 is 1.45 bits per heavy atom. The van der Waals surface area contributed by atoms with Gasteiger partial charge in [-0.25, -0.2) is 9.59 Å². The molecule has 198 valence electrons. The van der Waals surface area contributed by atoms with Crippen LogP contribution >= 0.6 is 34.9 Å². The summed E-state index contributed by atoms with van der Waals surface area (Å²) < 4.78 is 12.7. The molecule has 0 fully saturated rings. The van der Waals surface area contributed by atoms with Gasteiger partial charge in [0.25, 0.3) is 5.56 Å². The number of rotatable bonds is 8. The van der Waals surface area contributed by atoms with Gasteiger partial charge in [0.2, 0.25) is 0 Å². The second kappa shape index (κ2) is 12.1. The Kier molecular flexibility index (Phi) is 8.86. The highest BCUT2D eigenvalue weighted by Gasteiger charge is 2.39. The van der Waals surface area contributed by atoms with Crippen LogP contribution < -0.4 is 20.5 Å². The number of aromatic nitrogens is 1. The number of thiazole rings is 1. The third-order valence-corrected chi connectivity index (χ3v) is 8.60. The van der Waals surface area contributed by atoms with Crippen LogP contribution in [0.5, 0.6) is 0 Å². The number of benzene rings is 2. The first-order valence-electron chi connectivity index (χ1n) is 11.9. The van der Waals surface area contributed by atoms with Crippen molar-refractivity contribution in [1.82, 2.24) is 4.57 Å². The maximum Gasteiger partial charge on any atom is 0.338 e. The van der Waals surface area contributed by atoms with Crippen LogP contribution in [0.2, 0.25) is 0 Å². The number of ether oxygens (including phenoxy) is 2. The van der Waals surface area contributed by atoms with Crippen molar-refractivity contribution in [2.24, 2.45) is 5.73 Å². The van der Waals surface area contributed by atoms with E-state index in [1.165, 1.54) is 4.57 Å². The molecular formula is C28H28N2O5S3. The summed E-state index contributed by atoms with van der Waals surface area (Å²) in [7, 11) is 0. The molecule has 2 aromatic carbocycles. The molecule has 1 atom stereocenters. The lowest BCUT2D eigenvalue weighted by atomic mass is 9.83. The molecule has 38 heavy (non-hydrogen) atoms. The minimum absolute atomic E-state index is 0.0371. The number of nitrogens with zero attached hydrogens (tertiary/aromatic N) is 1. The van der Waals surface area contributed by atoms with E-state index >= 15 is 0 Å². The molecule has 4 rings (SSSR count). The van der Waals surface area contributed by atoms with Gasteiger partial charge >= 0.3 is 11.9 Å². The van der Waals surface area contributed by atoms with Crippen molar-refractivity contribution in [3.63, 3.8) is 0 Å². The van der Waals surface area contributed by atoms with Crippen molar-refractivity contribution in [1.29, 1.82) is 0 Å². The van der Waals surface area contributed by atoms with E-state index in [2.05, 4.69) is 0 Å². The monoisotopic (exact) mass is 568 g/mol. The summed E-state index contributed by atoms with van der Waals surface area (Å²) in [6, 6.07) is 15.3. The lowest BCUT2D eigenvalue weighted by Crippen LogP contribution is -2.42. The summed E-state index contributed by atoms with van der Waals surface area (Å²) in [5, 5.41) is 0. The van der Waals surface area contributed by atoms with Gasteiger partial charge in [-0.3, -0.25) is 9.36 Å². The molecule has 3 aromatic rings. The second-order valence-corrected chi connectivity index (χ2v) is 11.0. The molecule has 1 unspecified atom stereocenters. The fourth-order valence-electron chi connectivity index (χ4n) is 4.24. The molecule has 0 amide bonds. The fraction of sp³-hybridized carbons (Fsp3) is 0.250. The van der Waals surface area contributed by atoms with Gasteiger partial charge in [0, 0.05) is 9.79 Å². The van der Waals surface area contributed by atoms with Crippen LogP contribution in [0.3, 0.4) is 0 Å². The molecule has 1 aliphatic heterocycles. The average molecular weight is 569 g/mol. The molecular weight excluding hydrogens is 541 g/mol. The SMILES string of the molecule is CCOC(=O)C1=C(N)n2c(sc(=Cc3ccc(SC)cc3)c2=O)=C(C(=O)OCC)C1c1ccc(SC)cc1. The highest BCUT2D eigenvalue weighted by atomic mass is 32.2. The molecule has 1 aliphatic rings. The zero-order valence-electron chi connectivity index (χ0n) is 21.5. The van der Waals surface area contributed by atoms with E-state index in [1.54, 1.807) is 43.4 Å². The van der Waals surface area contributed by atoms with Crippen LogP contribution in [0.25, 0.3) is 17.5 Å². The molecule has 0 aliphatic carbocycles. The molecule has 10 heteroatoms. The molecule has 2 heterocycles. The maximum atomic E-state index is 13.6. The predicted octanol–water partition coefficient (Wildman–Crippen LogP) is 3.38. The van der Waals surface area contributed by atoms with E-state index in [1.807, 2.05) is 61.0 Å². The summed E-state index contributed by atoms with van der Waals surface area (Å²) in [6.45, 7) is 3.63. The van der Waals surface area contributed by atoms with Crippen molar-refractivity contribution in [2.45, 2.75) is 29.6 Å². The number of carbonyl (C=O) groups is 2. The minimum Gasteiger partial charge on any atom is -0.463 e. The van der Waals surface area contributed by atoms with Gasteiger partial charge < -0.3 is 15.2 Å². The Labute approximate surface area is 233 Å². The lowest BCUT2D eigenvalue weighted by Gasteiger charge is -2.27. The molecule has 0 bridgehead atoms. The number of hydrogen-bond acceptors (Lipinski definition) is 9. The summed E-state index contributed by atoms with van der Waals surface area (Å²) in [4.78, 5) is 42.5. The lowest BCUT2D eigenvalue weighted by molar-refractivity contribution is -0.138. The van der Waals surface area contributed by atoms with Crippen molar-refractivity contribution in [2.75, 3.05) is 25.7 Å². The molecule has 1 aromatic heterocycles. The van der Waals surface area contributed by atoms with Crippen molar-refractivity contribution >= 4 is 64.3 Å². The second-order valence-electron chi connectivity index (χ2n) is 8.19. The zero-order valence-corrected chi connectivity index (χ0v) is 23.9. The molecule has 7 nitrogen and oxygen atoms in total. The molecule has 2 N–H and O–H groups in total. The third-order valence-electron chi connectivity index (χ3n) is 6.00. The van der Waals surface area contributed by atoms with Gasteiger partial charge in [-0.2, -0.15) is 0 Å². The topological polar surface area (TPSA) is 101 Å². The first kappa shape index (κ1) is 27.8. The Morgan fingerprint density at radius 1 is 0.921 bits per heavy atom. The summed E-state index contributed by atoms with van der Waals surface area (Å²) in [6.07, 6.45) is 5.71. The van der Waals surface area contributed by atoms with Gasteiger partial charge in [0.15, 0.2) is 0 Å². The van der Waals surface area contributed by atoms with E-state index in [0.717, 1.165) is 26.7 Å². The van der Waals surface area contributed by atoms with Gasteiger partial charge in [0.1, 0.15) is 10.5 Å². The highest BCUT2D eigenvalue weighted by Crippen LogP contribution is 2.38. The summed E-state index contributed by atoms with van der Waals surface area (Å²) >= 11 is 4.35. The Bertz CT molecular complexity index is 1570. The number of carbonyl (C=O) groups excluding carboxylic acids is 2. The fourth-order valence-corrected chi connectivity index (χ4v) is 6.23. The third kappa shape index (κ3) is 5.34. The number of nitrogens with two attached hydrogens (primary N) is 1. The molecule has 0 radical (unpaired) electrons. The average Bonchev–Trinajstić information content (AvgIpc) is 3.24. The van der Waals surface area contributed by atoms with Crippen molar-refractivity contribution in [3.8, 4) is 0 Å². The molecule has 0 saturated carbocycles. The number of fused-ring (bicyclic) bond motifs is 1. The zero-order chi connectivity index (χ0) is 27.4. The standard InChI is InChI=1S/C28H28N2O5S3/c1-5-34-27(32)22-21(17-9-13-19(37-4)14-10-17)23(28(33)35-6-2)26-30(24(22)29)25(31)20(38-26)15-16-7-11-18(36-3)12-8-16/h7-15,21H,5-6,29H2,1-4H3. The van der Waals surface area contributed by atoms with Gasteiger partial charge in [-0.15, -0.1) is 34.9 Å². The van der Waals surface area contributed by atoms with Crippen LogP contribution in [-0.2, 0) is 19.1 Å². The predicted molar refractivity (Wildman–Crippen MR) is 155 cm³/mol. The van der Waals surface area contributed by atoms with E-state index in [9.17, 15) is 14.4 Å². The molecule has 0 spiro atoms. The number of hydrogen-bond donors (Lipinski definition) is 1. The normalized spacial score (nSPS) is 15.4. The van der Waals surface area contributed by atoms with Crippen LogP contribution in [0, 0.1) is 0 Å². The number of esters is 2. The van der Waals surface area contributed by atoms with E-state index in [-0.39, 0.29) is 30.2 Å². The van der Waals surface area contributed by atoms with Crippen LogP contribution in [0.1, 0.15) is 30.9 Å². The first-order valence-corrected chi connectivity index (χ1v) is 15.2. The highest BCUT2D eigenvalue weighted by molar-refractivity contribution is 7.98. The summed E-state index contributed by atoms with van der Waals surface area (Å²) in [5.41, 5.74) is 7.84. The van der Waals surface area contributed by atoms with Gasteiger partial charge in [-0.05, 0) is 67.8 Å². The van der Waals surface area contributed by atoms with Crippen LogP contribution in [0.4, 0.5) is 0 Å². The quantitative estimate of drug-likeness (QED) is 0.326. The van der Waals surface area contributed by atoms with E-state index in [4.69, 9.17) is 15.2 Å².